The number of piperidine rings is 1. The smallest absolute Gasteiger partial charge is 0.224 e. The second kappa shape index (κ2) is 7.00. The number of β-amino-alcohol motifs (C(OH)–C–C–N with tert-alkyl or cyclic N) is 1. The summed E-state index contributed by atoms with van der Waals surface area (Å²) >= 11 is 0. The maximum Gasteiger partial charge on any atom is 0.224 e. The van der Waals surface area contributed by atoms with E-state index in [0.717, 1.165) is 30.5 Å². The summed E-state index contributed by atoms with van der Waals surface area (Å²) in [6, 6.07) is 4.44. The van der Waals surface area contributed by atoms with Crippen molar-refractivity contribution in [2.45, 2.75) is 25.9 Å². The van der Waals surface area contributed by atoms with E-state index in [1.807, 2.05) is 0 Å². The summed E-state index contributed by atoms with van der Waals surface area (Å²) < 4.78 is 13.1. The maximum absolute atomic E-state index is 13.1. The Morgan fingerprint density at radius 1 is 1.57 bits per heavy atom. The quantitative estimate of drug-likeness (QED) is 0.887. The number of likely N-dealkylation sites (tertiary alicyclic amines) is 1. The largest absolute Gasteiger partial charge is 0.387 e. The zero-order valence-corrected chi connectivity index (χ0v) is 12.6. The first-order valence-corrected chi connectivity index (χ1v) is 7.39. The Hall–Kier alpha value is -1.46. The normalized spacial score (nSPS) is 21.0. The fourth-order valence-electron chi connectivity index (χ4n) is 3.00. The molecule has 1 heterocycles. The number of halogens is 1. The SMILES string of the molecule is CNC(=O)C1CCCN(CC(O)c2ccc(F)cc2C)C1. The zero-order valence-electron chi connectivity index (χ0n) is 12.6. The highest BCUT2D eigenvalue weighted by Crippen LogP contribution is 2.23. The van der Waals surface area contributed by atoms with Gasteiger partial charge in [0.15, 0.2) is 0 Å². The lowest BCUT2D eigenvalue weighted by Crippen LogP contribution is -2.43. The monoisotopic (exact) mass is 294 g/mol. The number of rotatable bonds is 4. The third-order valence-electron chi connectivity index (χ3n) is 4.14. The Morgan fingerprint density at radius 2 is 2.33 bits per heavy atom. The van der Waals surface area contributed by atoms with Crippen molar-refractivity contribution in [1.29, 1.82) is 0 Å². The van der Waals surface area contributed by atoms with Crippen molar-refractivity contribution in [3.8, 4) is 0 Å². The molecule has 1 aromatic rings. The Bertz CT molecular complexity index is 507. The van der Waals surface area contributed by atoms with Crippen molar-refractivity contribution in [2.75, 3.05) is 26.7 Å². The fourth-order valence-corrected chi connectivity index (χ4v) is 3.00. The van der Waals surface area contributed by atoms with Crippen LogP contribution in [0.3, 0.4) is 0 Å². The van der Waals surface area contributed by atoms with E-state index < -0.39 is 6.10 Å². The Balaban J connectivity index is 1.98. The molecule has 1 amide bonds. The second-order valence-corrected chi connectivity index (χ2v) is 5.73. The third kappa shape index (κ3) is 4.02. The average molecular weight is 294 g/mol. The standard InChI is InChI=1S/C16H23FN2O2/c1-11-8-13(17)5-6-14(11)15(20)10-19-7-3-4-12(9-19)16(21)18-2/h5-6,8,12,15,20H,3-4,7,9-10H2,1-2H3,(H,18,21). The highest BCUT2D eigenvalue weighted by atomic mass is 19.1. The molecule has 0 saturated carbocycles. The highest BCUT2D eigenvalue weighted by Gasteiger charge is 2.26. The van der Waals surface area contributed by atoms with Crippen molar-refractivity contribution in [3.63, 3.8) is 0 Å². The molecule has 5 heteroatoms. The van der Waals surface area contributed by atoms with E-state index in [0.29, 0.717) is 13.1 Å². The summed E-state index contributed by atoms with van der Waals surface area (Å²) in [6.07, 6.45) is 1.18. The molecule has 1 saturated heterocycles. The maximum atomic E-state index is 13.1. The fraction of sp³-hybridized carbons (Fsp3) is 0.562. The molecular formula is C16H23FN2O2. The first-order valence-electron chi connectivity index (χ1n) is 7.39. The summed E-state index contributed by atoms with van der Waals surface area (Å²) in [5.41, 5.74) is 1.50. The summed E-state index contributed by atoms with van der Waals surface area (Å²) in [7, 11) is 1.65. The van der Waals surface area contributed by atoms with Crippen molar-refractivity contribution in [1.82, 2.24) is 10.2 Å². The third-order valence-corrected chi connectivity index (χ3v) is 4.14. The molecule has 0 aromatic heterocycles. The number of nitrogens with zero attached hydrogens (tertiary/aromatic N) is 1. The molecule has 0 spiro atoms. The first-order chi connectivity index (χ1) is 10.0. The number of carbonyl (C=O) groups is 1. The molecule has 2 N–H and O–H groups in total. The summed E-state index contributed by atoms with van der Waals surface area (Å²) in [6.45, 7) is 3.81. The van der Waals surface area contributed by atoms with Gasteiger partial charge in [0, 0.05) is 20.1 Å². The number of aliphatic hydroxyl groups excluding tert-OH is 1. The molecule has 4 nitrogen and oxygen atoms in total. The van der Waals surface area contributed by atoms with Gasteiger partial charge in [-0.05, 0) is 49.6 Å². The molecule has 2 rings (SSSR count). The predicted molar refractivity (Wildman–Crippen MR) is 79.3 cm³/mol. The van der Waals surface area contributed by atoms with Gasteiger partial charge in [-0.3, -0.25) is 9.69 Å². The van der Waals surface area contributed by atoms with Crippen LogP contribution in [0.4, 0.5) is 4.39 Å². The summed E-state index contributed by atoms with van der Waals surface area (Å²) in [5.74, 6) is -0.237. The average Bonchev–Trinajstić information content (AvgIpc) is 2.46. The number of hydrogen-bond acceptors (Lipinski definition) is 3. The van der Waals surface area contributed by atoms with Crippen molar-refractivity contribution in [3.05, 3.63) is 35.1 Å². The van der Waals surface area contributed by atoms with Gasteiger partial charge in [-0.1, -0.05) is 6.07 Å². The molecule has 21 heavy (non-hydrogen) atoms. The van der Waals surface area contributed by atoms with Gasteiger partial charge in [-0.15, -0.1) is 0 Å². The van der Waals surface area contributed by atoms with Crippen LogP contribution in [0, 0.1) is 18.7 Å². The molecule has 1 aromatic carbocycles. The van der Waals surface area contributed by atoms with Gasteiger partial charge in [-0.25, -0.2) is 4.39 Å². The minimum Gasteiger partial charge on any atom is -0.387 e. The van der Waals surface area contributed by atoms with Gasteiger partial charge < -0.3 is 10.4 Å². The molecule has 0 radical (unpaired) electrons. The number of amides is 1. The summed E-state index contributed by atoms with van der Waals surface area (Å²) in [4.78, 5) is 13.8. The van der Waals surface area contributed by atoms with E-state index >= 15 is 0 Å². The number of aliphatic hydroxyl groups is 1. The number of benzene rings is 1. The Morgan fingerprint density at radius 3 is 3.00 bits per heavy atom. The molecule has 2 atom stereocenters. The van der Waals surface area contributed by atoms with Crippen LogP contribution in [0.25, 0.3) is 0 Å². The predicted octanol–water partition coefficient (Wildman–Crippen LogP) is 1.63. The first kappa shape index (κ1) is 15.9. The lowest BCUT2D eigenvalue weighted by Gasteiger charge is -2.33. The van der Waals surface area contributed by atoms with Crippen LogP contribution in [0.15, 0.2) is 18.2 Å². The number of carbonyl (C=O) groups excluding carboxylic acids is 1. The lowest BCUT2D eigenvalue weighted by molar-refractivity contribution is -0.126. The van der Waals surface area contributed by atoms with Gasteiger partial charge in [0.25, 0.3) is 0 Å². The number of aryl methyl sites for hydroxylation is 1. The van der Waals surface area contributed by atoms with Crippen LogP contribution < -0.4 is 5.32 Å². The van der Waals surface area contributed by atoms with Crippen molar-refractivity contribution >= 4 is 5.91 Å². The topological polar surface area (TPSA) is 52.6 Å². The van der Waals surface area contributed by atoms with Gasteiger partial charge in [0.05, 0.1) is 12.0 Å². The molecule has 116 valence electrons. The van der Waals surface area contributed by atoms with Gasteiger partial charge in [0.1, 0.15) is 5.82 Å². The van der Waals surface area contributed by atoms with Gasteiger partial charge >= 0.3 is 0 Å². The molecular weight excluding hydrogens is 271 g/mol. The van der Waals surface area contributed by atoms with Crippen LogP contribution in [-0.2, 0) is 4.79 Å². The number of hydrogen-bond donors (Lipinski definition) is 2. The molecule has 1 aliphatic heterocycles. The Labute approximate surface area is 125 Å². The molecule has 0 bridgehead atoms. The van der Waals surface area contributed by atoms with E-state index in [9.17, 15) is 14.3 Å². The van der Waals surface area contributed by atoms with E-state index in [4.69, 9.17) is 0 Å². The van der Waals surface area contributed by atoms with Crippen LogP contribution >= 0.6 is 0 Å². The highest BCUT2D eigenvalue weighted by molar-refractivity contribution is 5.78. The minimum atomic E-state index is -0.658. The zero-order chi connectivity index (χ0) is 15.4. The van der Waals surface area contributed by atoms with Crippen LogP contribution in [0.2, 0.25) is 0 Å². The van der Waals surface area contributed by atoms with E-state index in [1.165, 1.54) is 12.1 Å². The Kier molecular flexibility index (Phi) is 5.31. The minimum absolute atomic E-state index is 0.00901. The number of nitrogens with one attached hydrogen (secondary N) is 1. The van der Waals surface area contributed by atoms with Crippen LogP contribution in [0.5, 0.6) is 0 Å². The van der Waals surface area contributed by atoms with Gasteiger partial charge in [-0.2, -0.15) is 0 Å². The molecule has 1 aliphatic rings. The molecule has 1 fully saturated rings. The second-order valence-electron chi connectivity index (χ2n) is 5.73. The van der Waals surface area contributed by atoms with Gasteiger partial charge in [0.2, 0.25) is 5.91 Å². The van der Waals surface area contributed by atoms with Crippen molar-refractivity contribution in [2.24, 2.45) is 5.92 Å². The molecule has 2 unspecified atom stereocenters. The summed E-state index contributed by atoms with van der Waals surface area (Å²) in [5, 5.41) is 13.0. The van der Waals surface area contributed by atoms with Crippen LogP contribution in [-0.4, -0.2) is 42.6 Å². The van der Waals surface area contributed by atoms with Crippen LogP contribution in [0.1, 0.15) is 30.1 Å². The molecule has 0 aliphatic carbocycles. The van der Waals surface area contributed by atoms with E-state index in [2.05, 4.69) is 10.2 Å². The van der Waals surface area contributed by atoms with Crippen molar-refractivity contribution < 1.29 is 14.3 Å². The lowest BCUT2D eigenvalue weighted by atomic mass is 9.96. The van der Waals surface area contributed by atoms with E-state index in [1.54, 1.807) is 20.0 Å². The van der Waals surface area contributed by atoms with E-state index in [-0.39, 0.29) is 17.6 Å².